The lowest BCUT2D eigenvalue weighted by Crippen LogP contribution is -2.47. The van der Waals surface area contributed by atoms with Crippen LogP contribution < -0.4 is 15.2 Å². The van der Waals surface area contributed by atoms with Gasteiger partial charge in [0.1, 0.15) is 10.5 Å². The van der Waals surface area contributed by atoms with E-state index in [1.165, 1.54) is 16.2 Å². The molecule has 0 spiro atoms. The number of rotatable bonds is 1. The van der Waals surface area contributed by atoms with E-state index in [0.29, 0.717) is 32.2 Å². The zero-order valence-electron chi connectivity index (χ0n) is 16.4. The lowest BCUT2D eigenvalue weighted by molar-refractivity contribution is 0.206. The zero-order valence-corrected chi connectivity index (χ0v) is 13.2. The minimum atomic E-state index is -2.06. The van der Waals surface area contributed by atoms with Crippen LogP contribution in [0.4, 0.5) is 11.4 Å². The molecule has 4 nitrogen and oxygen atoms in total. The number of hydrogen-bond donors (Lipinski definition) is 1. The maximum absolute atomic E-state index is 8.51. The molecule has 2 aliphatic heterocycles. The number of nitrogens with zero attached hydrogens (tertiary/aromatic N) is 3. The molecule has 0 aliphatic carbocycles. The van der Waals surface area contributed by atoms with Crippen LogP contribution >= 0.6 is 11.3 Å². The molecular formula is C17H20N4S. The molecule has 0 saturated carbocycles. The molecule has 2 aliphatic rings. The van der Waals surface area contributed by atoms with Gasteiger partial charge in [-0.25, -0.2) is 4.99 Å². The third kappa shape index (κ3) is 2.40. The van der Waals surface area contributed by atoms with Gasteiger partial charge in [-0.05, 0) is 32.1 Å². The Hall–Kier alpha value is -1.85. The van der Waals surface area contributed by atoms with E-state index in [9.17, 15) is 0 Å². The molecule has 5 heteroatoms. The summed E-state index contributed by atoms with van der Waals surface area (Å²) < 4.78 is 32.1. The zero-order chi connectivity index (χ0) is 18.5. The predicted molar refractivity (Wildman–Crippen MR) is 92.0 cm³/mol. The van der Waals surface area contributed by atoms with E-state index < -0.39 is 6.98 Å². The summed E-state index contributed by atoms with van der Waals surface area (Å²) in [5.41, 5.74) is 1.76. The molecule has 0 amide bonds. The van der Waals surface area contributed by atoms with Gasteiger partial charge in [0.05, 0.1) is 18.0 Å². The summed E-state index contributed by atoms with van der Waals surface area (Å²) in [6.45, 7) is 2.00. The monoisotopic (exact) mass is 316 g/mol. The standard InChI is InChI=1S/C17H20N4S/c1-12-11-13-16(21-9-7-20(2)8-10-21)18-14-5-3-4-6-15(14)19-17(13)22-12/h3-6,11,18H,7-10H2,1-2H3/i2D3,11D. The van der Waals surface area contributed by atoms with Gasteiger partial charge in [0.2, 0.25) is 0 Å². The van der Waals surface area contributed by atoms with Crippen molar-refractivity contribution < 1.29 is 5.48 Å². The van der Waals surface area contributed by atoms with Crippen molar-refractivity contribution in [3.8, 4) is 0 Å². The smallest absolute Gasteiger partial charge is 0.127 e. The summed E-state index contributed by atoms with van der Waals surface area (Å²) in [5, 5.41) is 4.28. The Morgan fingerprint density at radius 3 is 2.91 bits per heavy atom. The van der Waals surface area contributed by atoms with Gasteiger partial charge in [0, 0.05) is 35.2 Å². The lowest BCUT2D eigenvalue weighted by atomic mass is 10.2. The molecule has 0 radical (unpaired) electrons. The van der Waals surface area contributed by atoms with Gasteiger partial charge in [-0.15, -0.1) is 11.3 Å². The van der Waals surface area contributed by atoms with Gasteiger partial charge in [-0.2, -0.15) is 0 Å². The lowest BCUT2D eigenvalue weighted by Gasteiger charge is -2.35. The predicted octanol–water partition coefficient (Wildman–Crippen LogP) is 1.75. The molecule has 3 heterocycles. The molecule has 1 N–H and O–H groups in total. The second-order valence-electron chi connectivity index (χ2n) is 5.54. The Kier molecular flexibility index (Phi) is 2.46. The van der Waals surface area contributed by atoms with Crippen molar-refractivity contribution in [3.63, 3.8) is 0 Å². The number of fused-ring (bicyclic) bond motifs is 2. The van der Waals surface area contributed by atoms with Crippen LogP contribution in [0.2, 0.25) is 0 Å². The van der Waals surface area contributed by atoms with Crippen LogP contribution in [0.1, 0.15) is 10.4 Å². The van der Waals surface area contributed by atoms with E-state index in [-0.39, 0.29) is 0 Å². The van der Waals surface area contributed by atoms with Crippen LogP contribution in [0.25, 0.3) is 5.82 Å². The fourth-order valence-corrected chi connectivity index (χ4v) is 3.67. The third-order valence-corrected chi connectivity index (χ3v) is 4.87. The molecule has 0 bridgehead atoms. The SMILES string of the molecule is [2H]c1c(C)sc2c1=C(N1CCN(C([2H])([2H])[2H])CC1)Nc1ccccc1N=2. The van der Waals surface area contributed by atoms with Crippen molar-refractivity contribution in [1.82, 2.24) is 9.80 Å². The van der Waals surface area contributed by atoms with Crippen molar-refractivity contribution in [1.29, 1.82) is 0 Å². The first-order chi connectivity index (χ1) is 12.3. The summed E-state index contributed by atoms with van der Waals surface area (Å²) in [6.07, 6.45) is 0. The van der Waals surface area contributed by atoms with Gasteiger partial charge < -0.3 is 15.1 Å². The summed E-state index contributed by atoms with van der Waals surface area (Å²) in [4.78, 5) is 9.37. The van der Waals surface area contributed by atoms with E-state index in [1.807, 2.05) is 31.2 Å². The minimum Gasteiger partial charge on any atom is -0.355 e. The van der Waals surface area contributed by atoms with Gasteiger partial charge in [0.15, 0.2) is 0 Å². The average Bonchev–Trinajstić information content (AvgIpc) is 2.79. The molecule has 4 rings (SSSR count). The van der Waals surface area contributed by atoms with Crippen LogP contribution in [0, 0.1) is 6.92 Å². The number of anilines is 1. The van der Waals surface area contributed by atoms with Crippen molar-refractivity contribution in [3.05, 3.63) is 45.1 Å². The second kappa shape index (κ2) is 5.41. The fraction of sp³-hybridized carbons (Fsp3) is 0.353. The van der Waals surface area contributed by atoms with E-state index in [0.717, 1.165) is 32.0 Å². The Balaban J connectivity index is 1.79. The van der Waals surface area contributed by atoms with Crippen molar-refractivity contribution in [2.75, 3.05) is 38.5 Å². The van der Waals surface area contributed by atoms with Crippen LogP contribution in [0.5, 0.6) is 0 Å². The Bertz CT molecular complexity index is 958. The summed E-state index contributed by atoms with van der Waals surface area (Å²) in [6, 6.07) is 8.33. The van der Waals surface area contributed by atoms with E-state index in [2.05, 4.69) is 10.2 Å². The third-order valence-electron chi connectivity index (χ3n) is 3.98. The largest absolute Gasteiger partial charge is 0.355 e. The number of thiophene rings is 1. The Morgan fingerprint density at radius 2 is 2.09 bits per heavy atom. The highest BCUT2D eigenvalue weighted by Gasteiger charge is 2.20. The van der Waals surface area contributed by atoms with Crippen LogP contribution in [-0.2, 0) is 0 Å². The molecule has 0 unspecified atom stereocenters. The van der Waals surface area contributed by atoms with E-state index >= 15 is 0 Å². The number of para-hydroxylation sites is 2. The minimum absolute atomic E-state index is 0.465. The van der Waals surface area contributed by atoms with Gasteiger partial charge in [-0.3, -0.25) is 0 Å². The summed E-state index contributed by atoms with van der Waals surface area (Å²) in [5.74, 6) is 0.855. The van der Waals surface area contributed by atoms with Crippen molar-refractivity contribution in [2.45, 2.75) is 6.92 Å². The summed E-state index contributed by atoms with van der Waals surface area (Å²) >= 11 is 1.52. The first-order valence-electron chi connectivity index (χ1n) is 9.39. The molecular weight excluding hydrogens is 292 g/mol. The maximum Gasteiger partial charge on any atom is 0.127 e. The van der Waals surface area contributed by atoms with Crippen molar-refractivity contribution in [2.24, 2.45) is 4.99 Å². The van der Waals surface area contributed by atoms with Crippen LogP contribution in [-0.4, -0.2) is 43.0 Å². The molecule has 2 aromatic rings. The maximum atomic E-state index is 8.51. The second-order valence-corrected chi connectivity index (χ2v) is 6.74. The van der Waals surface area contributed by atoms with Gasteiger partial charge in [-0.1, -0.05) is 12.1 Å². The number of nitrogens with one attached hydrogen (secondary N) is 1. The van der Waals surface area contributed by atoms with Gasteiger partial charge >= 0.3 is 0 Å². The number of hydrogen-bond acceptors (Lipinski definition) is 5. The number of benzene rings is 1. The normalized spacial score (nSPS) is 21.3. The number of aryl methyl sites for hydroxylation is 1. The molecule has 0 atom stereocenters. The van der Waals surface area contributed by atoms with Crippen molar-refractivity contribution >= 4 is 28.5 Å². The van der Waals surface area contributed by atoms with Crippen LogP contribution in [0.15, 0.2) is 35.3 Å². The molecule has 1 aromatic carbocycles. The van der Waals surface area contributed by atoms with E-state index in [4.69, 9.17) is 10.5 Å². The fourth-order valence-electron chi connectivity index (χ4n) is 2.83. The molecule has 114 valence electrons. The topological polar surface area (TPSA) is 30.9 Å². The van der Waals surface area contributed by atoms with E-state index in [1.54, 1.807) is 0 Å². The first-order valence-corrected chi connectivity index (χ1v) is 8.21. The number of likely N-dealkylation sites (N-methyl/N-ethyl adjacent to an activating group) is 1. The highest BCUT2D eigenvalue weighted by Crippen LogP contribution is 2.27. The van der Waals surface area contributed by atoms with Crippen LogP contribution in [0.3, 0.4) is 0 Å². The Labute approximate surface area is 140 Å². The number of piperazine rings is 1. The highest BCUT2D eigenvalue weighted by molar-refractivity contribution is 7.09. The summed E-state index contributed by atoms with van der Waals surface area (Å²) in [7, 11) is 0. The average molecular weight is 316 g/mol. The molecule has 22 heavy (non-hydrogen) atoms. The van der Waals surface area contributed by atoms with Gasteiger partial charge in [0.25, 0.3) is 0 Å². The Morgan fingerprint density at radius 1 is 1.27 bits per heavy atom. The first kappa shape index (κ1) is 10.0. The quantitative estimate of drug-likeness (QED) is 0.869. The highest BCUT2D eigenvalue weighted by atomic mass is 32.1. The molecule has 1 saturated heterocycles. The molecule has 1 aromatic heterocycles. The molecule has 1 fully saturated rings.